The highest BCUT2D eigenvalue weighted by Gasteiger charge is 2.33. The van der Waals surface area contributed by atoms with Crippen molar-refractivity contribution in [3.63, 3.8) is 0 Å². The lowest BCUT2D eigenvalue weighted by molar-refractivity contribution is -0.384. The number of nitro benzene ring substituents is 1. The fourth-order valence-electron chi connectivity index (χ4n) is 1.85. The molecule has 0 bridgehead atoms. The van der Waals surface area contributed by atoms with E-state index in [0.717, 1.165) is 25.0 Å². The number of hydrogen-bond acceptors (Lipinski definition) is 4. The van der Waals surface area contributed by atoms with Gasteiger partial charge in [0.1, 0.15) is 5.69 Å². The Balaban J connectivity index is 1.90. The zero-order valence-electron chi connectivity index (χ0n) is 11.9. The molecule has 1 aliphatic rings. The normalized spacial score (nSPS) is 14.2. The van der Waals surface area contributed by atoms with Crippen molar-refractivity contribution in [3.05, 3.63) is 33.9 Å². The number of anilines is 1. The summed E-state index contributed by atoms with van der Waals surface area (Å²) in [7, 11) is 0. The molecular weight excluding hydrogens is 317 g/mol. The van der Waals surface area contributed by atoms with Gasteiger partial charge < -0.3 is 16.0 Å². The number of benzene rings is 1. The van der Waals surface area contributed by atoms with Gasteiger partial charge in [-0.2, -0.15) is 13.2 Å². The highest BCUT2D eigenvalue weighted by Crippen LogP contribution is 2.34. The van der Waals surface area contributed by atoms with Crippen LogP contribution in [0.1, 0.15) is 18.4 Å². The molecule has 23 heavy (non-hydrogen) atoms. The molecule has 126 valence electrons. The maximum absolute atomic E-state index is 12.6. The van der Waals surface area contributed by atoms with Crippen molar-refractivity contribution >= 4 is 17.4 Å². The summed E-state index contributed by atoms with van der Waals surface area (Å²) in [5.74, 6) is 0. The van der Waals surface area contributed by atoms with Gasteiger partial charge in [0.15, 0.2) is 0 Å². The summed E-state index contributed by atoms with van der Waals surface area (Å²) in [6.45, 7) is 0.320. The highest BCUT2D eigenvalue weighted by atomic mass is 19.4. The van der Waals surface area contributed by atoms with E-state index in [1.165, 1.54) is 0 Å². The molecule has 0 saturated heterocycles. The van der Waals surface area contributed by atoms with Crippen molar-refractivity contribution in [1.82, 2.24) is 10.6 Å². The summed E-state index contributed by atoms with van der Waals surface area (Å²) in [6.07, 6.45) is -2.75. The molecule has 2 amide bonds. The Morgan fingerprint density at radius 3 is 2.57 bits per heavy atom. The van der Waals surface area contributed by atoms with E-state index in [1.807, 2.05) is 0 Å². The van der Waals surface area contributed by atoms with Gasteiger partial charge in [-0.25, -0.2) is 4.79 Å². The lowest BCUT2D eigenvalue weighted by Crippen LogP contribution is -2.39. The quantitative estimate of drug-likeness (QED) is 0.424. The van der Waals surface area contributed by atoms with Crippen LogP contribution in [0.5, 0.6) is 0 Å². The second-order valence-corrected chi connectivity index (χ2v) is 5.09. The average molecular weight is 332 g/mol. The van der Waals surface area contributed by atoms with E-state index in [1.54, 1.807) is 0 Å². The van der Waals surface area contributed by atoms with Crippen LogP contribution >= 0.6 is 0 Å². The number of carbonyl (C=O) groups is 1. The van der Waals surface area contributed by atoms with Crippen LogP contribution in [-0.4, -0.2) is 30.1 Å². The van der Waals surface area contributed by atoms with Crippen molar-refractivity contribution in [2.75, 3.05) is 18.4 Å². The van der Waals surface area contributed by atoms with Crippen LogP contribution in [0.25, 0.3) is 0 Å². The Morgan fingerprint density at radius 1 is 1.30 bits per heavy atom. The minimum absolute atomic E-state index is 0.0348. The van der Waals surface area contributed by atoms with Gasteiger partial charge in [-0.15, -0.1) is 0 Å². The minimum Gasteiger partial charge on any atom is -0.378 e. The monoisotopic (exact) mass is 332 g/mol. The zero-order valence-corrected chi connectivity index (χ0v) is 11.9. The van der Waals surface area contributed by atoms with Crippen molar-refractivity contribution in [3.8, 4) is 0 Å². The molecule has 0 spiro atoms. The van der Waals surface area contributed by atoms with E-state index >= 15 is 0 Å². The van der Waals surface area contributed by atoms with E-state index in [0.29, 0.717) is 6.07 Å². The Kier molecular flexibility index (Phi) is 4.92. The number of nitrogens with zero attached hydrogens (tertiary/aromatic N) is 1. The standard InChI is InChI=1S/C13H15F3N4O3/c14-13(15,16)8-1-4-10(11(7-8)20(22)23)17-5-6-18-12(21)19-9-2-3-9/h1,4,7,9,17H,2-3,5-6H2,(H2,18,19,21). The Hall–Kier alpha value is -2.52. The summed E-state index contributed by atoms with van der Waals surface area (Å²) < 4.78 is 37.7. The van der Waals surface area contributed by atoms with Crippen LogP contribution < -0.4 is 16.0 Å². The summed E-state index contributed by atoms with van der Waals surface area (Å²) in [5.41, 5.74) is -1.79. The Bertz CT molecular complexity index is 603. The van der Waals surface area contributed by atoms with Gasteiger partial charge >= 0.3 is 12.2 Å². The first-order valence-corrected chi connectivity index (χ1v) is 6.91. The molecule has 0 aromatic heterocycles. The van der Waals surface area contributed by atoms with Crippen molar-refractivity contribution in [2.24, 2.45) is 0 Å². The molecule has 0 heterocycles. The van der Waals surface area contributed by atoms with E-state index in [2.05, 4.69) is 16.0 Å². The second kappa shape index (κ2) is 6.71. The lowest BCUT2D eigenvalue weighted by Gasteiger charge is -2.11. The zero-order chi connectivity index (χ0) is 17.0. The van der Waals surface area contributed by atoms with Crippen LogP contribution in [0.4, 0.5) is 29.3 Å². The summed E-state index contributed by atoms with van der Waals surface area (Å²) in [6, 6.07) is 2.12. The molecule has 1 saturated carbocycles. The van der Waals surface area contributed by atoms with Crippen LogP contribution in [0.3, 0.4) is 0 Å². The molecule has 10 heteroatoms. The second-order valence-electron chi connectivity index (χ2n) is 5.09. The van der Waals surface area contributed by atoms with Crippen molar-refractivity contribution in [1.29, 1.82) is 0 Å². The largest absolute Gasteiger partial charge is 0.416 e. The molecule has 3 N–H and O–H groups in total. The fraction of sp³-hybridized carbons (Fsp3) is 0.462. The van der Waals surface area contributed by atoms with E-state index in [9.17, 15) is 28.1 Å². The number of halogens is 3. The molecule has 0 atom stereocenters. The van der Waals surface area contributed by atoms with E-state index in [-0.39, 0.29) is 30.8 Å². The van der Waals surface area contributed by atoms with Crippen LogP contribution in [0.2, 0.25) is 0 Å². The molecule has 1 aromatic carbocycles. The molecule has 1 aliphatic carbocycles. The maximum Gasteiger partial charge on any atom is 0.416 e. The Labute approximate surface area is 129 Å². The molecule has 0 unspecified atom stereocenters. The molecule has 1 fully saturated rings. The summed E-state index contributed by atoms with van der Waals surface area (Å²) in [4.78, 5) is 21.4. The SMILES string of the molecule is O=C(NCCNc1ccc(C(F)(F)F)cc1[N+](=O)[O-])NC1CC1. The minimum atomic E-state index is -4.65. The Morgan fingerprint density at radius 2 is 2.00 bits per heavy atom. The highest BCUT2D eigenvalue weighted by molar-refractivity contribution is 5.74. The molecule has 2 rings (SSSR count). The van der Waals surface area contributed by atoms with E-state index < -0.39 is 22.4 Å². The van der Waals surface area contributed by atoms with Gasteiger partial charge in [0.2, 0.25) is 0 Å². The smallest absolute Gasteiger partial charge is 0.378 e. The number of rotatable bonds is 6. The summed E-state index contributed by atoms with van der Waals surface area (Å²) in [5, 5.41) is 18.8. The van der Waals surface area contributed by atoms with Crippen molar-refractivity contribution < 1.29 is 22.9 Å². The fourth-order valence-corrected chi connectivity index (χ4v) is 1.85. The number of nitrogens with one attached hydrogen (secondary N) is 3. The first-order valence-electron chi connectivity index (χ1n) is 6.91. The molecule has 1 aromatic rings. The average Bonchev–Trinajstić information content (AvgIpc) is 3.26. The van der Waals surface area contributed by atoms with Gasteiger partial charge in [-0.05, 0) is 25.0 Å². The first-order chi connectivity index (χ1) is 10.8. The summed E-state index contributed by atoms with van der Waals surface area (Å²) >= 11 is 0. The predicted molar refractivity (Wildman–Crippen MR) is 76.1 cm³/mol. The molecule has 0 aliphatic heterocycles. The van der Waals surface area contributed by atoms with Gasteiger partial charge in [0, 0.05) is 25.2 Å². The maximum atomic E-state index is 12.6. The topological polar surface area (TPSA) is 96.3 Å². The third-order valence-electron chi connectivity index (χ3n) is 3.16. The van der Waals surface area contributed by atoms with Gasteiger partial charge in [-0.3, -0.25) is 10.1 Å². The number of carbonyl (C=O) groups excluding carboxylic acids is 1. The molecular formula is C13H15F3N4O3. The number of hydrogen-bond donors (Lipinski definition) is 3. The van der Waals surface area contributed by atoms with E-state index in [4.69, 9.17) is 0 Å². The third-order valence-corrected chi connectivity index (χ3v) is 3.16. The number of urea groups is 1. The van der Waals surface area contributed by atoms with Crippen LogP contribution in [0, 0.1) is 10.1 Å². The van der Waals surface area contributed by atoms with Crippen molar-refractivity contribution in [2.45, 2.75) is 25.1 Å². The lowest BCUT2D eigenvalue weighted by atomic mass is 10.1. The third kappa shape index (κ3) is 5.01. The number of alkyl halides is 3. The number of amides is 2. The number of nitro groups is 1. The predicted octanol–water partition coefficient (Wildman–Crippen LogP) is 2.49. The van der Waals surface area contributed by atoms with Crippen LogP contribution in [-0.2, 0) is 6.18 Å². The molecule has 7 nitrogen and oxygen atoms in total. The van der Waals surface area contributed by atoms with Gasteiger partial charge in [-0.1, -0.05) is 0 Å². The van der Waals surface area contributed by atoms with Crippen LogP contribution in [0.15, 0.2) is 18.2 Å². The van der Waals surface area contributed by atoms with Gasteiger partial charge in [0.05, 0.1) is 10.5 Å². The molecule has 0 radical (unpaired) electrons. The van der Waals surface area contributed by atoms with Gasteiger partial charge in [0.25, 0.3) is 5.69 Å². The first kappa shape index (κ1) is 16.8.